The summed E-state index contributed by atoms with van der Waals surface area (Å²) in [7, 11) is 0. The Morgan fingerprint density at radius 3 is 2.67 bits per heavy atom. The van der Waals surface area contributed by atoms with Crippen molar-refractivity contribution in [3.63, 3.8) is 0 Å². The molecule has 6 heteroatoms. The Morgan fingerprint density at radius 1 is 1.24 bits per heavy atom. The lowest BCUT2D eigenvalue weighted by molar-refractivity contribution is -0.384. The van der Waals surface area contributed by atoms with E-state index in [2.05, 4.69) is 4.98 Å². The predicted octanol–water partition coefficient (Wildman–Crippen LogP) is 3.33. The van der Waals surface area contributed by atoms with E-state index in [1.165, 1.54) is 12.1 Å². The Labute approximate surface area is 120 Å². The highest BCUT2D eigenvalue weighted by molar-refractivity contribution is 5.79. The summed E-state index contributed by atoms with van der Waals surface area (Å²) in [6, 6.07) is 12.3. The zero-order chi connectivity index (χ0) is 14.8. The third kappa shape index (κ3) is 2.43. The number of hydrogen-bond acceptors (Lipinski definition) is 4. The highest BCUT2D eigenvalue weighted by atomic mass is 16.6. The maximum absolute atomic E-state index is 10.8. The summed E-state index contributed by atoms with van der Waals surface area (Å²) in [6.07, 6.45) is 1.66. The minimum absolute atomic E-state index is 0.0412. The van der Waals surface area contributed by atoms with Crippen LogP contribution in [-0.2, 0) is 0 Å². The van der Waals surface area contributed by atoms with E-state index >= 15 is 0 Å². The van der Waals surface area contributed by atoms with E-state index in [9.17, 15) is 10.1 Å². The lowest BCUT2D eigenvalue weighted by atomic mass is 10.2. The van der Waals surface area contributed by atoms with Gasteiger partial charge >= 0.3 is 0 Å². The molecular formula is C15H13N3O3. The van der Waals surface area contributed by atoms with Crippen molar-refractivity contribution in [2.75, 3.05) is 6.61 Å². The van der Waals surface area contributed by atoms with Crippen LogP contribution in [0.4, 0.5) is 5.69 Å². The number of rotatable bonds is 4. The van der Waals surface area contributed by atoms with Crippen molar-refractivity contribution in [2.24, 2.45) is 0 Å². The lowest BCUT2D eigenvalue weighted by Crippen LogP contribution is -1.94. The Hall–Kier alpha value is -2.89. The number of aromatic nitrogens is 2. The Kier molecular flexibility index (Phi) is 3.27. The summed E-state index contributed by atoms with van der Waals surface area (Å²) in [4.78, 5) is 14.6. The van der Waals surface area contributed by atoms with Crippen LogP contribution in [0.5, 0.6) is 5.75 Å². The molecule has 0 fully saturated rings. The van der Waals surface area contributed by atoms with Crippen molar-refractivity contribution in [2.45, 2.75) is 6.92 Å². The fraction of sp³-hybridized carbons (Fsp3) is 0.133. The van der Waals surface area contributed by atoms with Crippen molar-refractivity contribution in [1.82, 2.24) is 9.55 Å². The molecule has 1 heterocycles. The number of non-ortho nitro benzene ring substituents is 1. The quantitative estimate of drug-likeness (QED) is 0.544. The van der Waals surface area contributed by atoms with Gasteiger partial charge in [0.1, 0.15) is 12.1 Å². The molecule has 0 spiro atoms. The Morgan fingerprint density at radius 2 is 2.00 bits per heavy atom. The summed E-state index contributed by atoms with van der Waals surface area (Å²) >= 11 is 0. The standard InChI is InChI=1S/C15H13N3O3/c1-2-21-13-6-3-11(4-7-13)17-10-16-14-9-12(18(19)20)5-8-15(14)17/h3-10H,2H2,1H3. The number of hydrogen-bond donors (Lipinski definition) is 0. The molecule has 0 atom stereocenters. The van der Waals surface area contributed by atoms with Gasteiger partial charge in [0.2, 0.25) is 0 Å². The van der Waals surface area contributed by atoms with E-state index in [-0.39, 0.29) is 5.69 Å². The van der Waals surface area contributed by atoms with Crippen LogP contribution in [0.1, 0.15) is 6.92 Å². The first-order valence-corrected chi connectivity index (χ1v) is 6.54. The number of imidazole rings is 1. The molecule has 0 radical (unpaired) electrons. The molecule has 0 amide bonds. The normalized spacial score (nSPS) is 10.7. The van der Waals surface area contributed by atoms with Gasteiger partial charge in [-0.1, -0.05) is 0 Å². The number of benzene rings is 2. The number of ether oxygens (including phenoxy) is 1. The molecule has 3 aromatic rings. The summed E-state index contributed by atoms with van der Waals surface area (Å²) in [5.41, 5.74) is 2.39. The first-order chi connectivity index (χ1) is 10.2. The van der Waals surface area contributed by atoms with Gasteiger partial charge in [-0.05, 0) is 37.3 Å². The minimum atomic E-state index is -0.421. The molecule has 0 aliphatic heterocycles. The SMILES string of the molecule is CCOc1ccc(-n2cnc3cc([N+](=O)[O-])ccc32)cc1. The monoisotopic (exact) mass is 283 g/mol. The zero-order valence-corrected chi connectivity index (χ0v) is 11.4. The summed E-state index contributed by atoms with van der Waals surface area (Å²) < 4.78 is 7.29. The first kappa shape index (κ1) is 13.1. The fourth-order valence-electron chi connectivity index (χ4n) is 2.19. The van der Waals surface area contributed by atoms with Crippen LogP contribution < -0.4 is 4.74 Å². The van der Waals surface area contributed by atoms with Crippen LogP contribution in [0.3, 0.4) is 0 Å². The maximum atomic E-state index is 10.8. The average Bonchev–Trinajstić information content (AvgIpc) is 2.91. The number of nitro groups is 1. The van der Waals surface area contributed by atoms with E-state index in [1.54, 1.807) is 12.4 Å². The van der Waals surface area contributed by atoms with Crippen LogP contribution in [0, 0.1) is 10.1 Å². The second kappa shape index (κ2) is 5.24. The first-order valence-electron chi connectivity index (χ1n) is 6.54. The summed E-state index contributed by atoms with van der Waals surface area (Å²) in [5, 5.41) is 10.8. The molecule has 0 aliphatic rings. The fourth-order valence-corrected chi connectivity index (χ4v) is 2.19. The summed E-state index contributed by atoms with van der Waals surface area (Å²) in [5.74, 6) is 0.807. The van der Waals surface area contributed by atoms with Gasteiger partial charge in [0, 0.05) is 17.8 Å². The minimum Gasteiger partial charge on any atom is -0.494 e. The largest absolute Gasteiger partial charge is 0.494 e. The maximum Gasteiger partial charge on any atom is 0.271 e. The van der Waals surface area contributed by atoms with Crippen LogP contribution in [0.25, 0.3) is 16.7 Å². The van der Waals surface area contributed by atoms with Crippen molar-refractivity contribution in [1.29, 1.82) is 0 Å². The van der Waals surface area contributed by atoms with E-state index in [0.29, 0.717) is 12.1 Å². The molecule has 6 nitrogen and oxygen atoms in total. The molecule has 0 aliphatic carbocycles. The second-order valence-electron chi connectivity index (χ2n) is 4.47. The zero-order valence-electron chi connectivity index (χ0n) is 11.4. The van der Waals surface area contributed by atoms with E-state index in [4.69, 9.17) is 4.74 Å². The van der Waals surface area contributed by atoms with Crippen molar-refractivity contribution in [3.05, 3.63) is 58.9 Å². The number of nitro benzene ring substituents is 1. The lowest BCUT2D eigenvalue weighted by Gasteiger charge is -2.06. The Balaban J connectivity index is 2.02. The molecule has 0 saturated carbocycles. The molecule has 1 aromatic heterocycles. The highest BCUT2D eigenvalue weighted by Gasteiger charge is 2.10. The topological polar surface area (TPSA) is 70.2 Å². The molecule has 21 heavy (non-hydrogen) atoms. The molecule has 3 rings (SSSR count). The molecule has 106 valence electrons. The van der Waals surface area contributed by atoms with Gasteiger partial charge < -0.3 is 4.74 Å². The Bertz CT molecular complexity index is 794. The third-order valence-corrected chi connectivity index (χ3v) is 3.17. The van der Waals surface area contributed by atoms with Gasteiger partial charge in [-0.3, -0.25) is 14.7 Å². The van der Waals surface area contributed by atoms with Gasteiger partial charge in [0.15, 0.2) is 0 Å². The van der Waals surface area contributed by atoms with Crippen molar-refractivity contribution >= 4 is 16.7 Å². The summed E-state index contributed by atoms with van der Waals surface area (Å²) in [6.45, 7) is 2.56. The smallest absolute Gasteiger partial charge is 0.271 e. The molecule has 0 unspecified atom stereocenters. The molecule has 0 bridgehead atoms. The van der Waals surface area contributed by atoms with Gasteiger partial charge in [-0.2, -0.15) is 0 Å². The van der Waals surface area contributed by atoms with Gasteiger partial charge in [0.25, 0.3) is 5.69 Å². The van der Waals surface area contributed by atoms with Gasteiger partial charge in [0.05, 0.1) is 22.6 Å². The third-order valence-electron chi connectivity index (χ3n) is 3.17. The van der Waals surface area contributed by atoms with E-state index in [0.717, 1.165) is 17.0 Å². The van der Waals surface area contributed by atoms with E-state index < -0.39 is 4.92 Å². The van der Waals surface area contributed by atoms with Crippen molar-refractivity contribution in [3.8, 4) is 11.4 Å². The van der Waals surface area contributed by atoms with Crippen LogP contribution in [0.15, 0.2) is 48.8 Å². The highest BCUT2D eigenvalue weighted by Crippen LogP contribution is 2.23. The molecule has 2 aromatic carbocycles. The second-order valence-corrected chi connectivity index (χ2v) is 4.47. The molecular weight excluding hydrogens is 270 g/mol. The van der Waals surface area contributed by atoms with Crippen LogP contribution >= 0.6 is 0 Å². The predicted molar refractivity (Wildman–Crippen MR) is 78.9 cm³/mol. The average molecular weight is 283 g/mol. The number of nitrogens with zero attached hydrogens (tertiary/aromatic N) is 3. The number of fused-ring (bicyclic) bond motifs is 1. The van der Waals surface area contributed by atoms with Crippen molar-refractivity contribution < 1.29 is 9.66 Å². The van der Waals surface area contributed by atoms with Crippen LogP contribution in [-0.4, -0.2) is 21.1 Å². The van der Waals surface area contributed by atoms with Crippen LogP contribution in [0.2, 0.25) is 0 Å². The van der Waals surface area contributed by atoms with E-state index in [1.807, 2.05) is 35.8 Å². The van der Waals surface area contributed by atoms with Gasteiger partial charge in [-0.15, -0.1) is 0 Å². The molecule has 0 N–H and O–H groups in total. The van der Waals surface area contributed by atoms with Gasteiger partial charge in [-0.25, -0.2) is 4.98 Å². The molecule has 0 saturated heterocycles.